The van der Waals surface area contributed by atoms with E-state index in [4.69, 9.17) is 0 Å². The molecule has 0 saturated heterocycles. The predicted octanol–water partition coefficient (Wildman–Crippen LogP) is 5.04. The minimum atomic E-state index is 0.144. The maximum atomic E-state index is 4.53. The Morgan fingerprint density at radius 1 is 0.857 bits per heavy atom. The van der Waals surface area contributed by atoms with Crippen molar-refractivity contribution in [3.8, 4) is 22.6 Å². The van der Waals surface area contributed by atoms with Gasteiger partial charge in [0.15, 0.2) is 0 Å². The van der Waals surface area contributed by atoms with Gasteiger partial charge in [0.05, 0.1) is 11.9 Å². The number of imidazole rings is 1. The molecule has 1 aromatic heterocycles. The van der Waals surface area contributed by atoms with Crippen molar-refractivity contribution >= 4 is 0 Å². The van der Waals surface area contributed by atoms with E-state index in [1.165, 1.54) is 5.56 Å². The van der Waals surface area contributed by atoms with Gasteiger partial charge >= 0.3 is 0 Å². The fourth-order valence-electron chi connectivity index (χ4n) is 2.37. The maximum absolute atomic E-state index is 4.53. The topological polar surface area (TPSA) is 28.7 Å². The Morgan fingerprint density at radius 2 is 1.57 bits per heavy atom. The third-order valence-electron chi connectivity index (χ3n) is 3.66. The number of benzene rings is 2. The van der Waals surface area contributed by atoms with E-state index < -0.39 is 0 Å². The summed E-state index contributed by atoms with van der Waals surface area (Å²) in [6.45, 7) is 6.68. The second-order valence-corrected chi connectivity index (χ2v) is 6.34. The summed E-state index contributed by atoms with van der Waals surface area (Å²) in [5.41, 5.74) is 4.79. The summed E-state index contributed by atoms with van der Waals surface area (Å²) in [6, 6.07) is 18.9. The lowest BCUT2D eigenvalue weighted by atomic mass is 9.86. The molecular formula is C19H20N2. The van der Waals surface area contributed by atoms with Crippen molar-refractivity contribution in [2.45, 2.75) is 26.2 Å². The second-order valence-electron chi connectivity index (χ2n) is 6.34. The van der Waals surface area contributed by atoms with Crippen LogP contribution in [0.2, 0.25) is 0 Å². The van der Waals surface area contributed by atoms with Crippen LogP contribution in [0.5, 0.6) is 0 Å². The van der Waals surface area contributed by atoms with Crippen LogP contribution in [0.1, 0.15) is 26.3 Å². The number of aromatic amines is 1. The highest BCUT2D eigenvalue weighted by atomic mass is 14.9. The first-order chi connectivity index (χ1) is 10.0. The van der Waals surface area contributed by atoms with E-state index in [0.717, 1.165) is 22.6 Å². The molecule has 0 amide bonds. The molecule has 0 atom stereocenters. The van der Waals surface area contributed by atoms with Gasteiger partial charge in [-0.05, 0) is 22.6 Å². The standard InChI is InChI=1S/C19H20N2/c1-19(2,3)16-11-7-10-15(12-16)18-20-13-17(21-18)14-8-5-4-6-9-14/h4-13H,1-3H3,(H,20,21). The van der Waals surface area contributed by atoms with E-state index in [9.17, 15) is 0 Å². The van der Waals surface area contributed by atoms with Crippen LogP contribution in [-0.2, 0) is 5.41 Å². The monoisotopic (exact) mass is 276 g/mol. The number of hydrogen-bond acceptors (Lipinski definition) is 1. The Balaban J connectivity index is 1.97. The highest BCUT2D eigenvalue weighted by Crippen LogP contribution is 2.27. The summed E-state index contributed by atoms with van der Waals surface area (Å²) in [4.78, 5) is 7.94. The maximum Gasteiger partial charge on any atom is 0.137 e. The molecule has 1 N–H and O–H groups in total. The predicted molar refractivity (Wildman–Crippen MR) is 88.2 cm³/mol. The van der Waals surface area contributed by atoms with Crippen molar-refractivity contribution in [1.82, 2.24) is 9.97 Å². The number of aromatic nitrogens is 2. The summed E-state index contributed by atoms with van der Waals surface area (Å²) < 4.78 is 0. The first kappa shape index (κ1) is 13.6. The molecule has 3 aromatic rings. The van der Waals surface area contributed by atoms with Crippen molar-refractivity contribution in [3.05, 3.63) is 66.4 Å². The van der Waals surface area contributed by atoms with E-state index in [-0.39, 0.29) is 5.41 Å². The molecule has 0 aliphatic rings. The average molecular weight is 276 g/mol. The number of nitrogens with zero attached hydrogens (tertiary/aromatic N) is 1. The van der Waals surface area contributed by atoms with Crippen molar-refractivity contribution in [1.29, 1.82) is 0 Å². The van der Waals surface area contributed by atoms with Gasteiger partial charge in [0.25, 0.3) is 0 Å². The molecule has 0 unspecified atom stereocenters. The van der Waals surface area contributed by atoms with Crippen molar-refractivity contribution in [2.24, 2.45) is 0 Å². The quantitative estimate of drug-likeness (QED) is 0.697. The zero-order valence-corrected chi connectivity index (χ0v) is 12.7. The number of hydrogen-bond donors (Lipinski definition) is 1. The average Bonchev–Trinajstić information content (AvgIpc) is 2.97. The molecule has 0 radical (unpaired) electrons. The van der Waals surface area contributed by atoms with E-state index in [1.807, 2.05) is 24.4 Å². The van der Waals surface area contributed by atoms with Crippen LogP contribution in [0.3, 0.4) is 0 Å². The lowest BCUT2D eigenvalue weighted by Crippen LogP contribution is -2.10. The number of rotatable bonds is 2. The van der Waals surface area contributed by atoms with Crippen molar-refractivity contribution in [3.63, 3.8) is 0 Å². The molecule has 106 valence electrons. The van der Waals surface area contributed by atoms with Gasteiger partial charge in [0.2, 0.25) is 0 Å². The van der Waals surface area contributed by atoms with Crippen LogP contribution in [0.25, 0.3) is 22.6 Å². The molecule has 0 saturated carbocycles. The highest BCUT2D eigenvalue weighted by Gasteiger charge is 2.14. The Kier molecular flexibility index (Phi) is 3.38. The SMILES string of the molecule is CC(C)(C)c1cccc(-c2ncc(-c3ccccc3)[nH]2)c1. The summed E-state index contributed by atoms with van der Waals surface area (Å²) in [7, 11) is 0. The molecule has 21 heavy (non-hydrogen) atoms. The van der Waals surface area contributed by atoms with E-state index in [2.05, 4.69) is 67.1 Å². The lowest BCUT2D eigenvalue weighted by Gasteiger charge is -2.19. The van der Waals surface area contributed by atoms with Crippen LogP contribution in [0, 0.1) is 0 Å². The van der Waals surface area contributed by atoms with Gasteiger partial charge in [-0.1, -0.05) is 69.3 Å². The van der Waals surface area contributed by atoms with Crippen LogP contribution in [-0.4, -0.2) is 9.97 Å². The van der Waals surface area contributed by atoms with Gasteiger partial charge < -0.3 is 4.98 Å². The number of H-pyrrole nitrogens is 1. The van der Waals surface area contributed by atoms with E-state index >= 15 is 0 Å². The zero-order valence-electron chi connectivity index (χ0n) is 12.7. The fourth-order valence-corrected chi connectivity index (χ4v) is 2.37. The molecule has 0 fully saturated rings. The molecular weight excluding hydrogens is 256 g/mol. The molecule has 2 aromatic carbocycles. The fraction of sp³-hybridized carbons (Fsp3) is 0.211. The van der Waals surface area contributed by atoms with Gasteiger partial charge in [-0.3, -0.25) is 0 Å². The van der Waals surface area contributed by atoms with Crippen LogP contribution in [0.15, 0.2) is 60.8 Å². The van der Waals surface area contributed by atoms with Gasteiger partial charge in [0.1, 0.15) is 5.82 Å². The first-order valence-corrected chi connectivity index (χ1v) is 7.25. The molecule has 2 nitrogen and oxygen atoms in total. The zero-order chi connectivity index (χ0) is 14.9. The normalized spacial score (nSPS) is 11.6. The minimum Gasteiger partial charge on any atom is -0.338 e. The summed E-state index contributed by atoms with van der Waals surface area (Å²) in [5, 5.41) is 0. The van der Waals surface area contributed by atoms with E-state index in [1.54, 1.807) is 0 Å². The van der Waals surface area contributed by atoms with Crippen molar-refractivity contribution < 1.29 is 0 Å². The molecule has 0 aliphatic carbocycles. The van der Waals surface area contributed by atoms with Crippen LogP contribution >= 0.6 is 0 Å². The lowest BCUT2D eigenvalue weighted by molar-refractivity contribution is 0.590. The van der Waals surface area contributed by atoms with Gasteiger partial charge in [0, 0.05) is 5.56 Å². The Labute approximate surface area is 125 Å². The number of nitrogens with one attached hydrogen (secondary N) is 1. The van der Waals surface area contributed by atoms with Gasteiger partial charge in [-0.25, -0.2) is 4.98 Å². The van der Waals surface area contributed by atoms with Gasteiger partial charge in [-0.2, -0.15) is 0 Å². The van der Waals surface area contributed by atoms with E-state index in [0.29, 0.717) is 0 Å². The van der Waals surface area contributed by atoms with Crippen molar-refractivity contribution in [2.75, 3.05) is 0 Å². The van der Waals surface area contributed by atoms with Crippen LogP contribution < -0.4 is 0 Å². The second kappa shape index (κ2) is 5.21. The largest absolute Gasteiger partial charge is 0.338 e. The highest BCUT2D eigenvalue weighted by molar-refractivity contribution is 5.64. The molecule has 0 aliphatic heterocycles. The smallest absolute Gasteiger partial charge is 0.137 e. The third kappa shape index (κ3) is 2.89. The molecule has 0 bridgehead atoms. The molecule has 1 heterocycles. The Morgan fingerprint density at radius 3 is 2.29 bits per heavy atom. The third-order valence-corrected chi connectivity index (χ3v) is 3.66. The molecule has 3 rings (SSSR count). The molecule has 2 heteroatoms. The summed E-state index contributed by atoms with van der Waals surface area (Å²) in [6.07, 6.45) is 1.90. The van der Waals surface area contributed by atoms with Crippen LogP contribution in [0.4, 0.5) is 0 Å². The minimum absolute atomic E-state index is 0.144. The first-order valence-electron chi connectivity index (χ1n) is 7.25. The summed E-state index contributed by atoms with van der Waals surface area (Å²) >= 11 is 0. The summed E-state index contributed by atoms with van der Waals surface area (Å²) in [5.74, 6) is 0.917. The molecule has 0 spiro atoms. The Bertz CT molecular complexity index is 734. The van der Waals surface area contributed by atoms with Gasteiger partial charge in [-0.15, -0.1) is 0 Å². The Hall–Kier alpha value is -2.35.